The van der Waals surface area contributed by atoms with Gasteiger partial charge >= 0.3 is 0 Å². The second kappa shape index (κ2) is 8.34. The number of aromatic nitrogens is 2. The van der Waals surface area contributed by atoms with Crippen LogP contribution in [-0.4, -0.2) is 34.9 Å². The number of hydrogen-bond acceptors (Lipinski definition) is 2. The molecule has 5 heteroatoms. The van der Waals surface area contributed by atoms with Crippen molar-refractivity contribution in [2.45, 2.75) is 32.2 Å². The van der Waals surface area contributed by atoms with Gasteiger partial charge in [0.1, 0.15) is 0 Å². The van der Waals surface area contributed by atoms with Crippen LogP contribution in [0.2, 0.25) is 0 Å². The summed E-state index contributed by atoms with van der Waals surface area (Å²) in [7, 11) is 0. The highest BCUT2D eigenvalue weighted by Crippen LogP contribution is 2.10. The molecule has 126 valence electrons. The Bertz CT molecular complexity index is 662. The van der Waals surface area contributed by atoms with Crippen LogP contribution in [0.15, 0.2) is 59.9 Å². The Balaban J connectivity index is 1.53. The average molecular weight is 323 g/mol. The number of rotatable bonds is 6. The number of guanidine groups is 1. The minimum absolute atomic E-state index is 0.483. The molecule has 0 unspecified atom stereocenters. The molecule has 0 bridgehead atoms. The van der Waals surface area contributed by atoms with Gasteiger partial charge in [0.05, 0.1) is 5.69 Å². The molecule has 24 heavy (non-hydrogen) atoms. The zero-order valence-corrected chi connectivity index (χ0v) is 14.2. The van der Waals surface area contributed by atoms with E-state index in [2.05, 4.69) is 59.1 Å². The van der Waals surface area contributed by atoms with Gasteiger partial charge in [-0.25, -0.2) is 4.68 Å². The van der Waals surface area contributed by atoms with Gasteiger partial charge in [-0.15, -0.1) is 0 Å². The van der Waals surface area contributed by atoms with Gasteiger partial charge in [0.2, 0.25) is 0 Å². The first kappa shape index (κ1) is 16.3. The molecule has 0 radical (unpaired) electrons. The summed E-state index contributed by atoms with van der Waals surface area (Å²) in [5, 5.41) is 11.1. The van der Waals surface area contributed by atoms with Crippen LogP contribution in [-0.2, 0) is 6.42 Å². The van der Waals surface area contributed by atoms with E-state index in [9.17, 15) is 0 Å². The number of aliphatic imine (C=N–C) groups is 1. The number of nitrogens with zero attached hydrogens (tertiary/aromatic N) is 3. The first-order valence-electron chi connectivity index (χ1n) is 8.64. The van der Waals surface area contributed by atoms with Crippen LogP contribution < -0.4 is 10.6 Å². The molecule has 3 rings (SSSR count). The molecule has 0 atom stereocenters. The Morgan fingerprint density at radius 3 is 2.71 bits per heavy atom. The van der Waals surface area contributed by atoms with Crippen molar-refractivity contribution in [3.8, 4) is 5.69 Å². The fourth-order valence-electron chi connectivity index (χ4n) is 2.78. The van der Waals surface area contributed by atoms with Gasteiger partial charge in [-0.05, 0) is 49.9 Å². The van der Waals surface area contributed by atoms with Crippen LogP contribution in [0.3, 0.4) is 0 Å². The van der Waals surface area contributed by atoms with Gasteiger partial charge in [-0.3, -0.25) is 4.99 Å². The first-order chi connectivity index (χ1) is 11.8. The monoisotopic (exact) mass is 323 g/mol. The molecule has 2 aromatic rings. The molecular formula is C19H25N5. The number of nitrogens with one attached hydrogen (secondary N) is 2. The Morgan fingerprint density at radius 1 is 1.25 bits per heavy atom. The Kier molecular flexibility index (Phi) is 5.66. The Labute approximate surface area is 143 Å². The van der Waals surface area contributed by atoms with E-state index in [1.165, 1.54) is 5.56 Å². The summed E-state index contributed by atoms with van der Waals surface area (Å²) in [5.74, 6) is 0.916. The lowest BCUT2D eigenvalue weighted by Gasteiger charge is -2.16. The van der Waals surface area contributed by atoms with E-state index in [0.717, 1.165) is 44.0 Å². The first-order valence-corrected chi connectivity index (χ1v) is 8.64. The maximum Gasteiger partial charge on any atom is 0.191 e. The third-order valence-corrected chi connectivity index (χ3v) is 4.07. The molecule has 1 aromatic carbocycles. The summed E-state index contributed by atoms with van der Waals surface area (Å²) in [4.78, 5) is 4.69. The third kappa shape index (κ3) is 4.47. The topological polar surface area (TPSA) is 54.2 Å². The van der Waals surface area contributed by atoms with E-state index in [1.54, 1.807) is 6.20 Å². The minimum atomic E-state index is 0.483. The van der Waals surface area contributed by atoms with Crippen molar-refractivity contribution in [2.24, 2.45) is 4.99 Å². The molecule has 0 saturated heterocycles. The zero-order chi connectivity index (χ0) is 16.6. The summed E-state index contributed by atoms with van der Waals surface area (Å²) in [6, 6.07) is 10.9. The van der Waals surface area contributed by atoms with Crippen LogP contribution in [0.4, 0.5) is 0 Å². The Hall–Kier alpha value is -2.56. The smallest absolute Gasteiger partial charge is 0.191 e. The van der Waals surface area contributed by atoms with E-state index in [4.69, 9.17) is 4.99 Å². The van der Waals surface area contributed by atoms with E-state index in [0.29, 0.717) is 6.04 Å². The molecule has 0 amide bonds. The zero-order valence-electron chi connectivity index (χ0n) is 14.2. The Morgan fingerprint density at radius 2 is 2.04 bits per heavy atom. The van der Waals surface area contributed by atoms with Crippen molar-refractivity contribution in [1.29, 1.82) is 0 Å². The SMILES string of the molecule is CCNC(=NCCc1ccc(-n2cccn2)cc1)NC1CC=CC1. The van der Waals surface area contributed by atoms with E-state index < -0.39 is 0 Å². The number of hydrogen-bond donors (Lipinski definition) is 2. The van der Waals surface area contributed by atoms with Crippen molar-refractivity contribution >= 4 is 5.96 Å². The van der Waals surface area contributed by atoms with E-state index in [-0.39, 0.29) is 0 Å². The molecule has 0 spiro atoms. The molecule has 1 aliphatic rings. The van der Waals surface area contributed by atoms with Gasteiger partial charge in [0.25, 0.3) is 0 Å². The maximum atomic E-state index is 4.69. The summed E-state index contributed by atoms with van der Waals surface area (Å²) >= 11 is 0. The quantitative estimate of drug-likeness (QED) is 0.488. The summed E-state index contributed by atoms with van der Waals surface area (Å²) in [6.45, 7) is 3.75. The maximum absolute atomic E-state index is 4.69. The molecule has 1 aliphatic carbocycles. The second-order valence-corrected chi connectivity index (χ2v) is 5.91. The fourth-order valence-corrected chi connectivity index (χ4v) is 2.78. The van der Waals surface area contributed by atoms with Crippen molar-refractivity contribution in [1.82, 2.24) is 20.4 Å². The van der Waals surface area contributed by atoms with Gasteiger partial charge < -0.3 is 10.6 Å². The average Bonchev–Trinajstić information content (AvgIpc) is 3.29. The van der Waals surface area contributed by atoms with Gasteiger partial charge in [0.15, 0.2) is 5.96 Å². The lowest BCUT2D eigenvalue weighted by Crippen LogP contribution is -2.42. The minimum Gasteiger partial charge on any atom is -0.357 e. The molecule has 0 aliphatic heterocycles. The molecule has 0 saturated carbocycles. The van der Waals surface area contributed by atoms with Crippen LogP contribution in [0.25, 0.3) is 5.69 Å². The molecular weight excluding hydrogens is 298 g/mol. The van der Waals surface area contributed by atoms with Crippen LogP contribution in [0.1, 0.15) is 25.3 Å². The molecule has 5 nitrogen and oxygen atoms in total. The van der Waals surface area contributed by atoms with Gasteiger partial charge in [0, 0.05) is 31.5 Å². The molecule has 1 aromatic heterocycles. The van der Waals surface area contributed by atoms with Crippen LogP contribution in [0, 0.1) is 0 Å². The number of benzene rings is 1. The van der Waals surface area contributed by atoms with Crippen molar-refractivity contribution < 1.29 is 0 Å². The van der Waals surface area contributed by atoms with Crippen LogP contribution >= 0.6 is 0 Å². The fraction of sp³-hybridized carbons (Fsp3) is 0.368. The van der Waals surface area contributed by atoms with E-state index in [1.807, 2.05) is 16.9 Å². The summed E-state index contributed by atoms with van der Waals surface area (Å²) < 4.78 is 1.87. The second-order valence-electron chi connectivity index (χ2n) is 5.91. The highest BCUT2D eigenvalue weighted by atomic mass is 15.3. The predicted octanol–water partition coefficient (Wildman–Crippen LogP) is 2.69. The highest BCUT2D eigenvalue weighted by molar-refractivity contribution is 5.80. The van der Waals surface area contributed by atoms with Crippen molar-refractivity contribution in [2.75, 3.05) is 13.1 Å². The van der Waals surface area contributed by atoms with Gasteiger partial charge in [-0.2, -0.15) is 5.10 Å². The lowest BCUT2D eigenvalue weighted by molar-refractivity contribution is 0.633. The van der Waals surface area contributed by atoms with Gasteiger partial charge in [-0.1, -0.05) is 24.3 Å². The van der Waals surface area contributed by atoms with Crippen molar-refractivity contribution in [3.63, 3.8) is 0 Å². The molecule has 1 heterocycles. The standard InChI is InChI=1S/C19H25N5/c1-2-20-19(23-17-6-3-4-7-17)21-14-12-16-8-10-18(11-9-16)24-15-5-13-22-24/h3-5,8-11,13,15,17H,2,6-7,12,14H2,1H3,(H2,20,21,23). The molecule has 0 fully saturated rings. The highest BCUT2D eigenvalue weighted by Gasteiger charge is 2.11. The largest absolute Gasteiger partial charge is 0.357 e. The molecule has 2 N–H and O–H groups in total. The summed E-state index contributed by atoms with van der Waals surface area (Å²) in [6.07, 6.45) is 11.3. The normalized spacial score (nSPS) is 15.0. The predicted molar refractivity (Wildman–Crippen MR) is 98.5 cm³/mol. The third-order valence-electron chi connectivity index (χ3n) is 4.07. The lowest BCUT2D eigenvalue weighted by atomic mass is 10.1. The van der Waals surface area contributed by atoms with Crippen LogP contribution in [0.5, 0.6) is 0 Å². The van der Waals surface area contributed by atoms with E-state index >= 15 is 0 Å². The van der Waals surface area contributed by atoms with Crippen molar-refractivity contribution in [3.05, 3.63) is 60.4 Å². The summed E-state index contributed by atoms with van der Waals surface area (Å²) in [5.41, 5.74) is 2.36.